The van der Waals surface area contributed by atoms with E-state index in [9.17, 15) is 5.21 Å². The van der Waals surface area contributed by atoms with E-state index in [1.54, 1.807) is 0 Å². The second-order valence-corrected chi connectivity index (χ2v) is 6.00. The van der Waals surface area contributed by atoms with Gasteiger partial charge in [-0.15, -0.1) is 0 Å². The van der Waals surface area contributed by atoms with Gasteiger partial charge in [-0.05, 0) is 34.1 Å². The van der Waals surface area contributed by atoms with Crippen LogP contribution in [0.2, 0.25) is 0 Å². The Balaban J connectivity index is 2.17. The van der Waals surface area contributed by atoms with Gasteiger partial charge < -0.3 is 9.62 Å². The van der Waals surface area contributed by atoms with Gasteiger partial charge >= 0.3 is 0 Å². The van der Waals surface area contributed by atoms with Crippen LogP contribution in [0.1, 0.15) is 11.3 Å². The number of rotatable bonds is 2. The van der Waals surface area contributed by atoms with Gasteiger partial charge in [0.2, 0.25) is 0 Å². The van der Waals surface area contributed by atoms with E-state index in [0.717, 1.165) is 25.5 Å². The van der Waals surface area contributed by atoms with Crippen LogP contribution in [0.5, 0.6) is 0 Å². The third-order valence-electron chi connectivity index (χ3n) is 2.92. The molecule has 100 valence electrons. The molecule has 1 heterocycles. The van der Waals surface area contributed by atoms with Crippen LogP contribution in [0.15, 0.2) is 67.0 Å². The molecular weight excluding hydrogens is 386 g/mol. The number of oxime groups is 1. The first-order valence-electron chi connectivity index (χ1n) is 5.85. The van der Waals surface area contributed by atoms with E-state index in [1.165, 1.54) is 0 Å². The summed E-state index contributed by atoms with van der Waals surface area (Å²) in [5.74, 6) is 0.521. The quantitative estimate of drug-likeness (QED) is 0.369. The lowest BCUT2D eigenvalue weighted by Gasteiger charge is -2.00. The molecule has 3 nitrogen and oxygen atoms in total. The minimum absolute atomic E-state index is 0.407. The molecule has 0 saturated heterocycles. The van der Waals surface area contributed by atoms with E-state index in [0.29, 0.717) is 11.5 Å². The van der Waals surface area contributed by atoms with Crippen LogP contribution in [0, 0.1) is 0 Å². The molecule has 0 fully saturated rings. The lowest BCUT2D eigenvalue weighted by atomic mass is 10.1. The first-order chi connectivity index (χ1) is 9.69. The lowest BCUT2D eigenvalue weighted by Crippen LogP contribution is -2.01. The molecule has 0 bridgehead atoms. The van der Waals surface area contributed by atoms with Gasteiger partial charge in [-0.1, -0.05) is 51.4 Å². The first-order valence-corrected chi connectivity index (χ1v) is 7.44. The zero-order valence-corrected chi connectivity index (χ0v) is 13.3. The molecule has 0 radical (unpaired) electrons. The summed E-state index contributed by atoms with van der Waals surface area (Å²) in [6.07, 6.45) is 0. The minimum Gasteiger partial charge on any atom is -0.453 e. The van der Waals surface area contributed by atoms with Gasteiger partial charge in [0.05, 0.1) is 4.47 Å². The van der Waals surface area contributed by atoms with Crippen molar-refractivity contribution in [2.24, 2.45) is 5.16 Å². The van der Waals surface area contributed by atoms with Gasteiger partial charge in [0.1, 0.15) is 5.58 Å². The Morgan fingerprint density at radius 3 is 2.50 bits per heavy atom. The van der Waals surface area contributed by atoms with Gasteiger partial charge in [-0.25, -0.2) is 0 Å². The highest BCUT2D eigenvalue weighted by Gasteiger charge is 2.15. The SMILES string of the molecule is O/N=C(\c1ccccc1)c1cc2cc(Br)cc(Br)c2o1. The predicted molar refractivity (Wildman–Crippen MR) is 85.5 cm³/mol. The molecule has 0 unspecified atom stereocenters. The second kappa shape index (κ2) is 5.42. The van der Waals surface area contributed by atoms with Crippen molar-refractivity contribution in [1.29, 1.82) is 0 Å². The number of furan rings is 1. The van der Waals surface area contributed by atoms with E-state index in [1.807, 2.05) is 48.5 Å². The van der Waals surface area contributed by atoms with E-state index in [-0.39, 0.29) is 0 Å². The predicted octanol–water partition coefficient (Wildman–Crippen LogP) is 5.18. The maximum absolute atomic E-state index is 9.29. The smallest absolute Gasteiger partial charge is 0.157 e. The molecule has 3 rings (SSSR count). The largest absolute Gasteiger partial charge is 0.453 e. The maximum atomic E-state index is 9.29. The number of benzene rings is 2. The molecule has 0 aliphatic carbocycles. The molecule has 1 aromatic heterocycles. The highest BCUT2D eigenvalue weighted by molar-refractivity contribution is 9.11. The van der Waals surface area contributed by atoms with Crippen molar-refractivity contribution in [1.82, 2.24) is 0 Å². The van der Waals surface area contributed by atoms with E-state index in [2.05, 4.69) is 37.0 Å². The molecule has 0 amide bonds. The van der Waals surface area contributed by atoms with Crippen molar-refractivity contribution in [2.75, 3.05) is 0 Å². The fourth-order valence-corrected chi connectivity index (χ4v) is 3.38. The molecule has 0 aliphatic rings. The summed E-state index contributed by atoms with van der Waals surface area (Å²) in [5.41, 5.74) is 1.93. The second-order valence-electron chi connectivity index (χ2n) is 4.23. The summed E-state index contributed by atoms with van der Waals surface area (Å²) in [5, 5.41) is 13.6. The van der Waals surface area contributed by atoms with E-state index >= 15 is 0 Å². The van der Waals surface area contributed by atoms with Gasteiger partial charge in [-0.2, -0.15) is 0 Å². The summed E-state index contributed by atoms with van der Waals surface area (Å²) in [7, 11) is 0. The highest BCUT2D eigenvalue weighted by Crippen LogP contribution is 2.31. The Kier molecular flexibility index (Phi) is 3.63. The van der Waals surface area contributed by atoms with Crippen molar-refractivity contribution in [3.63, 3.8) is 0 Å². The third-order valence-corrected chi connectivity index (χ3v) is 3.96. The first kappa shape index (κ1) is 13.4. The van der Waals surface area contributed by atoms with Gasteiger partial charge in [0.15, 0.2) is 11.5 Å². The Hall–Kier alpha value is -1.59. The molecule has 0 saturated carbocycles. The Morgan fingerprint density at radius 2 is 1.80 bits per heavy atom. The highest BCUT2D eigenvalue weighted by atomic mass is 79.9. The average molecular weight is 395 g/mol. The molecular formula is C15H9Br2NO2. The van der Waals surface area contributed by atoms with Crippen molar-refractivity contribution in [3.8, 4) is 0 Å². The summed E-state index contributed by atoms with van der Waals surface area (Å²) in [6, 6.07) is 15.1. The van der Waals surface area contributed by atoms with Crippen LogP contribution in [-0.4, -0.2) is 10.9 Å². The van der Waals surface area contributed by atoms with Crippen molar-refractivity contribution in [3.05, 3.63) is 68.8 Å². The van der Waals surface area contributed by atoms with Gasteiger partial charge in [0, 0.05) is 15.4 Å². The van der Waals surface area contributed by atoms with E-state index < -0.39 is 0 Å². The molecule has 3 aromatic rings. The average Bonchev–Trinajstić information content (AvgIpc) is 2.84. The molecule has 2 aromatic carbocycles. The zero-order valence-electron chi connectivity index (χ0n) is 10.2. The molecule has 1 N–H and O–H groups in total. The number of fused-ring (bicyclic) bond motifs is 1. The fraction of sp³-hybridized carbons (Fsp3) is 0. The fourth-order valence-electron chi connectivity index (χ4n) is 2.04. The van der Waals surface area contributed by atoms with Crippen molar-refractivity contribution >= 4 is 48.5 Å². The van der Waals surface area contributed by atoms with Crippen molar-refractivity contribution in [2.45, 2.75) is 0 Å². The zero-order chi connectivity index (χ0) is 14.1. The summed E-state index contributed by atoms with van der Waals surface area (Å²) >= 11 is 6.90. The third kappa shape index (κ3) is 2.39. The Bertz CT molecular complexity index is 794. The van der Waals surface area contributed by atoms with Crippen molar-refractivity contribution < 1.29 is 9.62 Å². The number of nitrogens with zero attached hydrogens (tertiary/aromatic N) is 1. The van der Waals surface area contributed by atoms with Crippen LogP contribution in [-0.2, 0) is 0 Å². The summed E-state index contributed by atoms with van der Waals surface area (Å²) < 4.78 is 7.60. The molecule has 0 atom stereocenters. The number of hydrogen-bond acceptors (Lipinski definition) is 3. The minimum atomic E-state index is 0.407. The summed E-state index contributed by atoms with van der Waals surface area (Å²) in [6.45, 7) is 0. The lowest BCUT2D eigenvalue weighted by molar-refractivity contribution is 0.318. The number of halogens is 2. The maximum Gasteiger partial charge on any atom is 0.157 e. The molecule has 0 spiro atoms. The van der Waals surface area contributed by atoms with Crippen LogP contribution < -0.4 is 0 Å². The van der Waals surface area contributed by atoms with E-state index in [4.69, 9.17) is 4.42 Å². The monoisotopic (exact) mass is 393 g/mol. The normalized spacial score (nSPS) is 12.0. The number of hydrogen-bond donors (Lipinski definition) is 1. The van der Waals surface area contributed by atoms with Gasteiger partial charge in [0.25, 0.3) is 0 Å². The van der Waals surface area contributed by atoms with Crippen LogP contribution in [0.4, 0.5) is 0 Å². The Morgan fingerprint density at radius 1 is 1.05 bits per heavy atom. The standard InChI is InChI=1S/C15H9Br2NO2/c16-11-6-10-7-13(20-15(10)12(17)8-11)14(18-19)9-4-2-1-3-5-9/h1-8,19H/b18-14+. The molecule has 5 heteroatoms. The van der Waals surface area contributed by atoms with Crippen LogP contribution in [0.25, 0.3) is 11.0 Å². The van der Waals surface area contributed by atoms with Crippen LogP contribution in [0.3, 0.4) is 0 Å². The topological polar surface area (TPSA) is 45.7 Å². The molecule has 0 aliphatic heterocycles. The Labute approximate surface area is 132 Å². The summed E-state index contributed by atoms with van der Waals surface area (Å²) in [4.78, 5) is 0. The van der Waals surface area contributed by atoms with Crippen LogP contribution >= 0.6 is 31.9 Å². The van der Waals surface area contributed by atoms with Gasteiger partial charge in [-0.3, -0.25) is 0 Å². The molecule has 20 heavy (non-hydrogen) atoms.